The van der Waals surface area contributed by atoms with E-state index in [4.69, 9.17) is 82.8 Å². The smallest absolute Gasteiger partial charge is 0.198 e. The molecule has 0 aliphatic heterocycles. The minimum absolute atomic E-state index is 0.454. The average molecular weight is 1850 g/mol. The van der Waals surface area contributed by atoms with Gasteiger partial charge >= 0.3 is 0 Å². The largest absolute Gasteiger partial charge is 0.250 e. The van der Waals surface area contributed by atoms with Crippen molar-refractivity contribution in [3.8, 4) is 118 Å². The minimum Gasteiger partial charge on any atom is -0.250 e. The van der Waals surface area contributed by atoms with E-state index in [2.05, 4.69) is 235 Å². The van der Waals surface area contributed by atoms with Crippen LogP contribution in [0, 0.1) is 106 Å². The van der Waals surface area contributed by atoms with Gasteiger partial charge in [0.05, 0.1) is 102 Å². The van der Waals surface area contributed by atoms with E-state index in [1.807, 2.05) is 158 Å². The highest BCUT2D eigenvalue weighted by Crippen LogP contribution is 2.52. The molecule has 18 aromatic carbocycles. The molecule has 145 heavy (non-hydrogen) atoms. The Kier molecular flexibility index (Phi) is 26.5. The Morgan fingerprint density at radius 1 is 0.159 bits per heavy atom. The summed E-state index contributed by atoms with van der Waals surface area (Å²) in [7, 11) is 0. The highest BCUT2D eigenvalue weighted by Gasteiger charge is 2.30. The number of nitrogens with zero attached hydrogens (tertiary/aromatic N) is 14. The molecule has 9 aliphatic rings. The molecule has 0 saturated heterocycles. The van der Waals surface area contributed by atoms with Crippen molar-refractivity contribution in [2.45, 2.75) is 57.8 Å². The molecule has 27 rings (SSSR count). The van der Waals surface area contributed by atoms with Crippen molar-refractivity contribution in [1.82, 2.24) is 0 Å². The Labute approximate surface area is 843 Å². The predicted octanol–water partition coefficient (Wildman–Crippen LogP) is 35.0. The van der Waals surface area contributed by atoms with Gasteiger partial charge in [0.25, 0.3) is 0 Å². The molecule has 0 atom stereocenters. The molecule has 18 aromatic rings. The summed E-state index contributed by atoms with van der Waals surface area (Å²) in [6, 6.07) is 123. The van der Waals surface area contributed by atoms with E-state index in [9.17, 15) is 5.26 Å². The van der Waals surface area contributed by atoms with E-state index in [0.717, 1.165) is 158 Å². The van der Waals surface area contributed by atoms with Crippen molar-refractivity contribution in [3.05, 3.63) is 594 Å². The maximum Gasteiger partial charge on any atom is 0.198 e. The van der Waals surface area contributed by atoms with Gasteiger partial charge in [-0.3, -0.25) is 14.5 Å². The number of benzene rings is 18. The SMILES string of the molecule is N#Cc1cccc2c1-c1ccccc1C2.[C-]#[N+]c1cc(C#N)c2c(c1)Cc1ccccc1-2.[C-]#[N+]c1cc([N+]#[C-])c2c(c1)-c1ccccc1C2.[C-]#[N+]c1cc2c(cc1[N+]#[C-])-c1ccccc1C2.[C-]#[N+]c1ccc(C#N)c2c1Cc1ccccc1-2.[C-]#[N+]c1ccc2c(c1)-c1ccccc1C2.[C-]#[N+]c1ccc2c(c1)Cc1ccccc1-2.[C-]#[N+]c1ccc2c(c1[N+]#[C-])Cc1ccccc1-2.[C-]#[N+]c1cccc2c1Cc1ccccc1-2. The Bertz CT molecular complexity index is 9110. The van der Waals surface area contributed by atoms with E-state index < -0.39 is 0 Å². The number of hydrogen-bond acceptors (Lipinski definition) is 3. The summed E-state index contributed by atoms with van der Waals surface area (Å²) in [6.07, 6.45) is 7.87. The summed E-state index contributed by atoms with van der Waals surface area (Å²) < 4.78 is 0. The highest BCUT2D eigenvalue weighted by atomic mass is 14.8. The van der Waals surface area contributed by atoms with Crippen LogP contribution in [0.4, 0.5) is 62.6 Å². The molecule has 9 aliphatic carbocycles. The van der Waals surface area contributed by atoms with Gasteiger partial charge in [0.1, 0.15) is 0 Å². The second kappa shape index (κ2) is 41.4. The van der Waals surface area contributed by atoms with Crippen LogP contribution in [0.15, 0.2) is 352 Å². The first-order valence-corrected chi connectivity index (χ1v) is 46.6. The van der Waals surface area contributed by atoms with E-state index in [1.54, 1.807) is 30.3 Å². The Morgan fingerprint density at radius 2 is 0.476 bits per heavy atom. The molecule has 14 heteroatoms. The molecule has 0 aromatic heterocycles. The molecule has 0 heterocycles. The third kappa shape index (κ3) is 18.2. The summed E-state index contributed by atoms with van der Waals surface area (Å²) in [5, 5.41) is 27.4. The maximum absolute atomic E-state index is 9.19. The molecular weight excluding hydrogens is 1770 g/mol. The van der Waals surface area contributed by atoms with E-state index in [-0.39, 0.29) is 0 Å². The topological polar surface area (TPSA) is 119 Å². The molecule has 0 unspecified atom stereocenters. The van der Waals surface area contributed by atoms with Gasteiger partial charge < -0.3 is 0 Å². The molecule has 0 fully saturated rings. The van der Waals surface area contributed by atoms with Crippen LogP contribution in [-0.4, -0.2) is 0 Å². The second-order valence-electron chi connectivity index (χ2n) is 35.4. The number of fused-ring (bicyclic) bond motifs is 27. The van der Waals surface area contributed by atoms with E-state index >= 15 is 0 Å². The summed E-state index contributed by atoms with van der Waals surface area (Å²) in [5.41, 5.74) is 51.7. The van der Waals surface area contributed by atoms with Gasteiger partial charge in [-0.1, -0.05) is 334 Å². The third-order valence-corrected chi connectivity index (χ3v) is 27.4. The highest BCUT2D eigenvalue weighted by molar-refractivity contribution is 5.93. The minimum atomic E-state index is 0.454. The van der Waals surface area contributed by atoms with E-state index in [0.29, 0.717) is 56.6 Å². The van der Waals surface area contributed by atoms with Crippen LogP contribution in [0.2, 0.25) is 0 Å². The lowest BCUT2D eigenvalue weighted by atomic mass is 9.99. The summed E-state index contributed by atoms with van der Waals surface area (Å²) in [6.45, 7) is 78.2. The van der Waals surface area contributed by atoms with Crippen LogP contribution in [0.3, 0.4) is 0 Å². The summed E-state index contributed by atoms with van der Waals surface area (Å²) >= 11 is 0. The lowest BCUT2D eigenvalue weighted by Crippen LogP contribution is -1.85. The fraction of sp³-hybridized carbons (Fsp3) is 0.0687. The zero-order valence-corrected chi connectivity index (χ0v) is 78.1. The molecule has 0 amide bonds. The first-order chi connectivity index (χ1) is 71.2. The first-order valence-electron chi connectivity index (χ1n) is 46.6. The lowest BCUT2D eigenvalue weighted by Gasteiger charge is -2.04. The molecule has 670 valence electrons. The van der Waals surface area contributed by atoms with E-state index in [1.165, 1.54) is 122 Å². The van der Waals surface area contributed by atoms with Gasteiger partial charge in [0, 0.05) is 16.7 Å². The fourth-order valence-electron chi connectivity index (χ4n) is 20.9. The van der Waals surface area contributed by atoms with Crippen molar-refractivity contribution in [2.75, 3.05) is 0 Å². The van der Waals surface area contributed by atoms with Crippen molar-refractivity contribution < 1.29 is 0 Å². The summed E-state index contributed by atoms with van der Waals surface area (Å²) in [5.74, 6) is 0. The third-order valence-electron chi connectivity index (χ3n) is 27.4. The Morgan fingerprint density at radius 3 is 1.00 bits per heavy atom. The quantitative estimate of drug-likeness (QED) is 0.141. The first kappa shape index (κ1) is 92.9. The van der Waals surface area contributed by atoms with Gasteiger partial charge in [0.15, 0.2) is 62.6 Å². The van der Waals surface area contributed by atoms with Crippen molar-refractivity contribution in [1.29, 1.82) is 15.8 Å². The molecule has 0 spiro atoms. The fourth-order valence-corrected chi connectivity index (χ4v) is 20.9. The molecule has 0 bridgehead atoms. The van der Waals surface area contributed by atoms with Crippen molar-refractivity contribution in [2.24, 2.45) is 0 Å². The van der Waals surface area contributed by atoms with Gasteiger partial charge in [-0.25, -0.2) is 38.8 Å². The van der Waals surface area contributed by atoms with Gasteiger partial charge in [-0.15, -0.1) is 0 Å². The number of rotatable bonds is 0. The molecule has 0 saturated carbocycles. The molecule has 14 nitrogen and oxygen atoms in total. The van der Waals surface area contributed by atoms with Crippen LogP contribution in [0.25, 0.3) is 153 Å². The zero-order chi connectivity index (χ0) is 100. The lowest BCUT2D eigenvalue weighted by molar-refractivity contribution is 1.26. The normalized spacial score (nSPS) is 11.4. The van der Waals surface area contributed by atoms with Gasteiger partial charge in [0.2, 0.25) is 0 Å². The van der Waals surface area contributed by atoms with Crippen molar-refractivity contribution >= 4 is 62.6 Å². The maximum atomic E-state index is 9.19. The summed E-state index contributed by atoms with van der Waals surface area (Å²) in [4.78, 5) is 38.2. The van der Waals surface area contributed by atoms with Crippen LogP contribution in [0.5, 0.6) is 0 Å². The number of hydrogen-bond donors (Lipinski definition) is 0. The zero-order valence-electron chi connectivity index (χ0n) is 78.1. The second-order valence-corrected chi connectivity index (χ2v) is 35.4. The van der Waals surface area contributed by atoms with Crippen LogP contribution in [0.1, 0.15) is 117 Å². The van der Waals surface area contributed by atoms with Crippen LogP contribution in [-0.2, 0) is 57.8 Å². The molecule has 0 radical (unpaired) electrons. The van der Waals surface area contributed by atoms with Gasteiger partial charge in [-0.05, 0) is 265 Å². The van der Waals surface area contributed by atoms with Gasteiger partial charge in [-0.2, -0.15) is 15.8 Å². The standard InChI is InChI=1S/5C15H8N2.4C14H9N/c1-16-11-8-13-12-6-4-3-5-10(12)7-14(13)15(9-11)17-2;1-16-14-8-11-7-10-5-3-4-6-12(10)13(11)9-15(14)17-2;1-16-14-8-7-12-11-6-4-3-5-10(11)9-13(12)15(14)17-2;1-17-13-7-11-6-10-4-2-3-5-14(10)15(11)12(8-13)9-16;1-17-14-7-6-11(9-16)15-12-5-3-2-4-10(12)8-13(14)15;1-15-14-8-4-7-12-11-6-3-2-5-10(11)9-13(12)14;1-15-12-6-7-14-11(9-12)8-10-4-2-3-5-13(10)14;1-15-12-7-6-11-8-10-4-2-3-5-13(10)14(11)9-12;15-9-12-6-3-5-11-8-10-4-1-2-7-13(10)14(11)12/h2*3-6,8-9H,7H2;3-8H,9H2;2-5,7-8H,6H2;2-7H,8H2;2-8H,9H2;2*2-7,9H,8H2;1-7H,8H2. The molecule has 0 N–H and O–H groups in total. The van der Waals surface area contributed by atoms with Crippen LogP contribution < -0.4 is 0 Å². The number of nitriles is 3. The Hall–Kier alpha value is -21.2. The molecular formula is C131H76N14. The predicted molar refractivity (Wildman–Crippen MR) is 575 cm³/mol. The van der Waals surface area contributed by atoms with Crippen molar-refractivity contribution in [3.63, 3.8) is 0 Å². The van der Waals surface area contributed by atoms with Crippen LogP contribution >= 0.6 is 0 Å². The monoisotopic (exact) mass is 1840 g/mol. The Balaban J connectivity index is 0.000000103. The average Bonchev–Trinajstić information content (AvgIpc) is 1.61.